The third kappa shape index (κ3) is 6.72. The van der Waals surface area contributed by atoms with Crippen LogP contribution in [0.25, 0.3) is 0 Å². The summed E-state index contributed by atoms with van der Waals surface area (Å²) in [6.07, 6.45) is 5.05. The smallest absolute Gasteiger partial charge is 0.244 e. The molecule has 0 bridgehead atoms. The Kier molecular flexibility index (Phi) is 5.33. The molecule has 0 fully saturated rings. The van der Waals surface area contributed by atoms with Crippen molar-refractivity contribution in [1.29, 1.82) is 0 Å². The number of carbonyl (C=O) groups excluding carboxylic acids is 2. The van der Waals surface area contributed by atoms with Crippen molar-refractivity contribution in [3.05, 3.63) is 24.8 Å². The maximum atomic E-state index is 11.5. The minimum absolute atomic E-state index is 0.0154. The first kappa shape index (κ1) is 15.6. The standard InChI is InChI=1S/C14H23NO2/c1-7-11(16)14(5,6)10-8-9-12(17)15-13(2,3)4/h7-9H,1,10H2,2-6H3,(H,15,17)/b9-8+. The Morgan fingerprint density at radius 2 is 1.71 bits per heavy atom. The summed E-state index contributed by atoms with van der Waals surface area (Å²) in [7, 11) is 0. The molecule has 1 N–H and O–H groups in total. The molecular formula is C14H23NO2. The van der Waals surface area contributed by atoms with Crippen LogP contribution in [-0.4, -0.2) is 17.2 Å². The van der Waals surface area contributed by atoms with Crippen LogP contribution < -0.4 is 5.32 Å². The Hall–Kier alpha value is -1.38. The van der Waals surface area contributed by atoms with Gasteiger partial charge in [-0.2, -0.15) is 0 Å². The molecule has 96 valence electrons. The van der Waals surface area contributed by atoms with E-state index in [9.17, 15) is 9.59 Å². The topological polar surface area (TPSA) is 46.2 Å². The molecule has 17 heavy (non-hydrogen) atoms. The van der Waals surface area contributed by atoms with Gasteiger partial charge in [0.05, 0.1) is 0 Å². The molecule has 1 amide bonds. The molecule has 0 aliphatic carbocycles. The van der Waals surface area contributed by atoms with E-state index in [0.717, 1.165) is 0 Å². The van der Waals surface area contributed by atoms with Crippen LogP contribution in [-0.2, 0) is 9.59 Å². The van der Waals surface area contributed by atoms with Gasteiger partial charge in [-0.15, -0.1) is 0 Å². The van der Waals surface area contributed by atoms with Crippen LogP contribution >= 0.6 is 0 Å². The molecule has 3 nitrogen and oxygen atoms in total. The van der Waals surface area contributed by atoms with E-state index < -0.39 is 5.41 Å². The van der Waals surface area contributed by atoms with Gasteiger partial charge in [0.15, 0.2) is 5.78 Å². The van der Waals surface area contributed by atoms with Gasteiger partial charge >= 0.3 is 0 Å². The molecule has 0 atom stereocenters. The molecule has 0 spiro atoms. The molecule has 0 heterocycles. The number of rotatable bonds is 5. The number of carbonyl (C=O) groups is 2. The molecule has 0 saturated heterocycles. The molecule has 0 unspecified atom stereocenters. The van der Waals surface area contributed by atoms with E-state index in [4.69, 9.17) is 0 Å². The predicted octanol–water partition coefficient (Wildman–Crippen LogP) is 2.63. The molecule has 0 aromatic heterocycles. The summed E-state index contributed by atoms with van der Waals surface area (Å²) in [4.78, 5) is 23.0. The van der Waals surface area contributed by atoms with E-state index in [2.05, 4.69) is 11.9 Å². The lowest BCUT2D eigenvalue weighted by molar-refractivity contribution is -0.122. The van der Waals surface area contributed by atoms with E-state index in [1.54, 1.807) is 6.08 Å². The van der Waals surface area contributed by atoms with Gasteiger partial charge < -0.3 is 5.32 Å². The normalized spacial score (nSPS) is 12.5. The van der Waals surface area contributed by atoms with Crippen molar-refractivity contribution in [1.82, 2.24) is 5.32 Å². The largest absolute Gasteiger partial charge is 0.348 e. The van der Waals surface area contributed by atoms with Crippen molar-refractivity contribution in [2.75, 3.05) is 0 Å². The zero-order valence-corrected chi connectivity index (χ0v) is 11.5. The van der Waals surface area contributed by atoms with Crippen molar-refractivity contribution in [2.24, 2.45) is 5.41 Å². The van der Waals surface area contributed by atoms with Crippen molar-refractivity contribution < 1.29 is 9.59 Å². The minimum atomic E-state index is -0.500. The number of hydrogen-bond donors (Lipinski definition) is 1. The fourth-order valence-corrected chi connectivity index (χ4v) is 1.25. The van der Waals surface area contributed by atoms with Crippen LogP contribution in [0.4, 0.5) is 0 Å². The molecular weight excluding hydrogens is 214 g/mol. The highest BCUT2D eigenvalue weighted by Gasteiger charge is 2.23. The second kappa shape index (κ2) is 5.80. The van der Waals surface area contributed by atoms with E-state index in [0.29, 0.717) is 6.42 Å². The highest BCUT2D eigenvalue weighted by Crippen LogP contribution is 2.22. The van der Waals surface area contributed by atoms with E-state index in [1.807, 2.05) is 34.6 Å². The van der Waals surface area contributed by atoms with Crippen LogP contribution in [0, 0.1) is 5.41 Å². The lowest BCUT2D eigenvalue weighted by atomic mass is 9.84. The van der Waals surface area contributed by atoms with Gasteiger partial charge in [0.1, 0.15) is 0 Å². The SMILES string of the molecule is C=CC(=O)C(C)(C)C/C=C/C(=O)NC(C)(C)C. The highest BCUT2D eigenvalue weighted by molar-refractivity contribution is 5.94. The van der Waals surface area contributed by atoms with E-state index in [1.165, 1.54) is 12.2 Å². The predicted molar refractivity (Wildman–Crippen MR) is 70.6 cm³/mol. The quantitative estimate of drug-likeness (QED) is 0.747. The van der Waals surface area contributed by atoms with E-state index >= 15 is 0 Å². The van der Waals surface area contributed by atoms with Crippen LogP contribution in [0.3, 0.4) is 0 Å². The molecule has 0 aromatic rings. The van der Waals surface area contributed by atoms with Crippen LogP contribution in [0.5, 0.6) is 0 Å². The van der Waals surface area contributed by atoms with Gasteiger partial charge in [-0.1, -0.05) is 26.5 Å². The summed E-state index contributed by atoms with van der Waals surface area (Å²) in [6.45, 7) is 12.9. The highest BCUT2D eigenvalue weighted by atomic mass is 16.1. The summed E-state index contributed by atoms with van der Waals surface area (Å²) >= 11 is 0. The Labute approximate surface area is 104 Å². The van der Waals surface area contributed by atoms with Gasteiger partial charge in [0, 0.05) is 11.0 Å². The van der Waals surface area contributed by atoms with E-state index in [-0.39, 0.29) is 17.2 Å². The van der Waals surface area contributed by atoms with Gasteiger partial charge in [0.25, 0.3) is 0 Å². The van der Waals surface area contributed by atoms with Crippen molar-refractivity contribution in [3.8, 4) is 0 Å². The summed E-state index contributed by atoms with van der Waals surface area (Å²) in [5, 5.41) is 2.82. The number of nitrogens with one attached hydrogen (secondary N) is 1. The number of ketones is 1. The lowest BCUT2D eigenvalue weighted by Crippen LogP contribution is -2.39. The first-order chi connectivity index (χ1) is 7.58. The monoisotopic (exact) mass is 237 g/mol. The Morgan fingerprint density at radius 3 is 2.12 bits per heavy atom. The van der Waals surface area contributed by atoms with Crippen molar-refractivity contribution >= 4 is 11.7 Å². The van der Waals surface area contributed by atoms with Gasteiger partial charge in [0.2, 0.25) is 5.91 Å². The summed E-state index contributed by atoms with van der Waals surface area (Å²) in [5.74, 6) is -0.155. The summed E-state index contributed by atoms with van der Waals surface area (Å²) in [6, 6.07) is 0. The Bertz CT molecular complexity index is 333. The second-order valence-electron chi connectivity index (χ2n) is 5.80. The fourth-order valence-electron chi connectivity index (χ4n) is 1.25. The number of allylic oxidation sites excluding steroid dienone is 2. The minimum Gasteiger partial charge on any atom is -0.348 e. The summed E-state index contributed by atoms with van der Waals surface area (Å²) in [5.41, 5.74) is -0.742. The third-order valence-electron chi connectivity index (χ3n) is 2.25. The molecule has 0 aromatic carbocycles. The molecule has 3 heteroatoms. The second-order valence-corrected chi connectivity index (χ2v) is 5.80. The molecule has 0 rings (SSSR count). The molecule has 0 radical (unpaired) electrons. The van der Waals surface area contributed by atoms with Crippen LogP contribution in [0.15, 0.2) is 24.8 Å². The van der Waals surface area contributed by atoms with Crippen LogP contribution in [0.1, 0.15) is 41.0 Å². The Morgan fingerprint density at radius 1 is 1.18 bits per heavy atom. The maximum Gasteiger partial charge on any atom is 0.244 e. The lowest BCUT2D eigenvalue weighted by Gasteiger charge is -2.20. The first-order valence-corrected chi connectivity index (χ1v) is 5.74. The van der Waals surface area contributed by atoms with Crippen LogP contribution in [0.2, 0.25) is 0 Å². The molecule has 0 aliphatic heterocycles. The fraction of sp³-hybridized carbons (Fsp3) is 0.571. The Balaban J connectivity index is 4.33. The molecule has 0 saturated carbocycles. The first-order valence-electron chi connectivity index (χ1n) is 5.74. The number of amides is 1. The zero-order chi connectivity index (χ0) is 13.7. The van der Waals surface area contributed by atoms with Crippen molar-refractivity contribution in [2.45, 2.75) is 46.6 Å². The van der Waals surface area contributed by atoms with Gasteiger partial charge in [-0.25, -0.2) is 0 Å². The average Bonchev–Trinajstić information content (AvgIpc) is 2.13. The summed E-state index contributed by atoms with van der Waals surface area (Å²) < 4.78 is 0. The van der Waals surface area contributed by atoms with Gasteiger partial charge in [-0.05, 0) is 39.3 Å². The molecule has 0 aliphatic rings. The average molecular weight is 237 g/mol. The van der Waals surface area contributed by atoms with Crippen molar-refractivity contribution in [3.63, 3.8) is 0 Å². The maximum absolute atomic E-state index is 11.5. The number of hydrogen-bond acceptors (Lipinski definition) is 2. The zero-order valence-electron chi connectivity index (χ0n) is 11.5. The third-order valence-corrected chi connectivity index (χ3v) is 2.25. The van der Waals surface area contributed by atoms with Gasteiger partial charge in [-0.3, -0.25) is 9.59 Å².